The Kier molecular flexibility index (Phi) is 4.40. The lowest BCUT2D eigenvalue weighted by molar-refractivity contribution is 0.318. The van der Waals surface area contributed by atoms with Crippen molar-refractivity contribution in [3.05, 3.63) is 83.9 Å². The van der Waals surface area contributed by atoms with Gasteiger partial charge < -0.3 is 0 Å². The molecule has 1 unspecified atom stereocenters. The molecule has 0 aliphatic heterocycles. The van der Waals surface area contributed by atoms with Crippen LogP contribution in [0.15, 0.2) is 72.8 Å². The smallest absolute Gasteiger partial charge is 0.141 e. The summed E-state index contributed by atoms with van der Waals surface area (Å²) in [5.74, 6) is 0. The molecular formula is C18H16O2P+. The van der Waals surface area contributed by atoms with Gasteiger partial charge in [-0.15, -0.1) is 4.52 Å². The van der Waals surface area contributed by atoms with Crippen molar-refractivity contribution in [2.75, 3.05) is 0 Å². The molecule has 3 aromatic carbocycles. The molecule has 0 N–H and O–H groups in total. The van der Waals surface area contributed by atoms with Crippen LogP contribution in [0.25, 0.3) is 10.8 Å². The van der Waals surface area contributed by atoms with Gasteiger partial charge in [-0.3, -0.25) is 0 Å². The minimum atomic E-state index is -1.69. The first-order valence-electron chi connectivity index (χ1n) is 6.90. The van der Waals surface area contributed by atoms with E-state index in [0.717, 1.165) is 11.1 Å². The van der Waals surface area contributed by atoms with Crippen LogP contribution in [0.3, 0.4) is 0 Å². The fourth-order valence-corrected chi connectivity index (χ4v) is 3.13. The van der Waals surface area contributed by atoms with E-state index in [1.165, 1.54) is 10.8 Å². The SMILES string of the molecule is O=[P+](Cc1ccc2ccccc2c1)OCc1ccccc1. The van der Waals surface area contributed by atoms with Crippen LogP contribution >= 0.6 is 8.03 Å². The zero-order valence-electron chi connectivity index (χ0n) is 11.6. The van der Waals surface area contributed by atoms with Gasteiger partial charge in [0.05, 0.1) is 0 Å². The Morgan fingerprint density at radius 1 is 0.762 bits per heavy atom. The molecule has 0 amide bonds. The highest BCUT2D eigenvalue weighted by atomic mass is 31.1. The number of hydrogen-bond donors (Lipinski definition) is 0. The lowest BCUT2D eigenvalue weighted by Gasteiger charge is -1.99. The van der Waals surface area contributed by atoms with Crippen molar-refractivity contribution in [2.24, 2.45) is 0 Å². The quantitative estimate of drug-likeness (QED) is 0.597. The molecule has 0 radical (unpaired) electrons. The second-order valence-corrected chi connectivity index (χ2v) is 6.17. The molecule has 1 atom stereocenters. The number of benzene rings is 3. The van der Waals surface area contributed by atoms with Crippen molar-refractivity contribution >= 4 is 18.8 Å². The van der Waals surface area contributed by atoms with Gasteiger partial charge in [-0.1, -0.05) is 66.7 Å². The Balaban J connectivity index is 1.63. The van der Waals surface area contributed by atoms with Gasteiger partial charge in [-0.2, -0.15) is 0 Å². The average molecular weight is 295 g/mol. The van der Waals surface area contributed by atoms with Crippen molar-refractivity contribution in [1.29, 1.82) is 0 Å². The first kappa shape index (κ1) is 13.9. The second kappa shape index (κ2) is 6.62. The van der Waals surface area contributed by atoms with Gasteiger partial charge >= 0.3 is 8.03 Å². The Hall–Kier alpha value is -2.02. The molecule has 0 aromatic heterocycles. The molecule has 0 saturated carbocycles. The Labute approximate surface area is 125 Å². The Morgan fingerprint density at radius 2 is 1.48 bits per heavy atom. The predicted molar refractivity (Wildman–Crippen MR) is 86.5 cm³/mol. The van der Waals surface area contributed by atoms with E-state index in [0.29, 0.717) is 12.8 Å². The highest BCUT2D eigenvalue weighted by Gasteiger charge is 2.18. The third-order valence-electron chi connectivity index (χ3n) is 3.34. The third kappa shape index (κ3) is 3.75. The van der Waals surface area contributed by atoms with Crippen molar-refractivity contribution < 1.29 is 9.09 Å². The number of hydrogen-bond acceptors (Lipinski definition) is 2. The molecule has 3 heteroatoms. The Morgan fingerprint density at radius 3 is 2.29 bits per heavy atom. The van der Waals surface area contributed by atoms with Crippen LogP contribution in [0.1, 0.15) is 11.1 Å². The van der Waals surface area contributed by atoms with Crippen LogP contribution in [0.5, 0.6) is 0 Å². The van der Waals surface area contributed by atoms with Crippen LogP contribution in [0.4, 0.5) is 0 Å². The molecule has 0 spiro atoms. The van der Waals surface area contributed by atoms with Crippen molar-refractivity contribution in [3.63, 3.8) is 0 Å². The van der Waals surface area contributed by atoms with Gasteiger partial charge in [-0.05, 0) is 27.0 Å². The second-order valence-electron chi connectivity index (χ2n) is 4.93. The average Bonchev–Trinajstić information content (AvgIpc) is 2.54. The monoisotopic (exact) mass is 295 g/mol. The summed E-state index contributed by atoms with van der Waals surface area (Å²) in [7, 11) is -1.69. The lowest BCUT2D eigenvalue weighted by atomic mass is 10.1. The highest BCUT2D eigenvalue weighted by Crippen LogP contribution is 2.30. The normalized spacial score (nSPS) is 11.5. The number of fused-ring (bicyclic) bond motifs is 1. The fraction of sp³-hybridized carbons (Fsp3) is 0.111. The molecule has 0 aliphatic carbocycles. The summed E-state index contributed by atoms with van der Waals surface area (Å²) in [5, 5.41) is 2.36. The van der Waals surface area contributed by atoms with E-state index in [1.807, 2.05) is 48.5 Å². The van der Waals surface area contributed by atoms with Gasteiger partial charge in [0, 0.05) is 5.56 Å². The van der Waals surface area contributed by atoms with Crippen molar-refractivity contribution in [3.8, 4) is 0 Å². The molecule has 0 saturated heterocycles. The van der Waals surface area contributed by atoms with E-state index in [9.17, 15) is 4.57 Å². The molecule has 2 nitrogen and oxygen atoms in total. The summed E-state index contributed by atoms with van der Waals surface area (Å²) >= 11 is 0. The van der Waals surface area contributed by atoms with E-state index in [2.05, 4.69) is 24.3 Å². The molecular weight excluding hydrogens is 279 g/mol. The largest absolute Gasteiger partial charge is 0.513 e. The van der Waals surface area contributed by atoms with Crippen LogP contribution in [0, 0.1) is 0 Å². The summed E-state index contributed by atoms with van der Waals surface area (Å²) in [6, 6.07) is 24.1. The van der Waals surface area contributed by atoms with Gasteiger partial charge in [-0.25, -0.2) is 0 Å². The Bertz CT molecular complexity index is 753. The molecule has 0 aliphatic rings. The van der Waals surface area contributed by atoms with E-state index in [4.69, 9.17) is 4.52 Å². The molecule has 3 rings (SSSR count). The summed E-state index contributed by atoms with van der Waals surface area (Å²) < 4.78 is 17.5. The molecule has 0 heterocycles. The summed E-state index contributed by atoms with van der Waals surface area (Å²) in [5.41, 5.74) is 2.09. The zero-order valence-corrected chi connectivity index (χ0v) is 12.5. The maximum Gasteiger partial charge on any atom is 0.513 e. The maximum absolute atomic E-state index is 12.0. The molecule has 104 valence electrons. The maximum atomic E-state index is 12.0. The van der Waals surface area contributed by atoms with Crippen molar-refractivity contribution in [1.82, 2.24) is 0 Å². The third-order valence-corrected chi connectivity index (χ3v) is 4.38. The van der Waals surface area contributed by atoms with Crippen LogP contribution in [-0.4, -0.2) is 0 Å². The highest BCUT2D eigenvalue weighted by molar-refractivity contribution is 7.38. The lowest BCUT2D eigenvalue weighted by Crippen LogP contribution is -1.87. The van der Waals surface area contributed by atoms with E-state index in [1.54, 1.807) is 0 Å². The van der Waals surface area contributed by atoms with Gasteiger partial charge in [0.25, 0.3) is 0 Å². The molecule has 3 aromatic rings. The first-order valence-corrected chi connectivity index (χ1v) is 8.27. The van der Waals surface area contributed by atoms with Gasteiger partial charge in [0.15, 0.2) is 0 Å². The summed E-state index contributed by atoms with van der Waals surface area (Å²) in [4.78, 5) is 0. The molecule has 21 heavy (non-hydrogen) atoms. The number of rotatable bonds is 5. The summed E-state index contributed by atoms with van der Waals surface area (Å²) in [6.07, 6.45) is 0.451. The van der Waals surface area contributed by atoms with Crippen LogP contribution < -0.4 is 0 Å². The standard InChI is InChI=1S/C18H16O2P/c19-21(20-13-15-6-2-1-3-7-15)14-16-10-11-17-8-4-5-9-18(17)12-16/h1-12H,13-14H2/q+1. The van der Waals surface area contributed by atoms with E-state index in [-0.39, 0.29) is 0 Å². The predicted octanol–water partition coefficient (Wildman–Crippen LogP) is 5.30. The molecule has 0 bridgehead atoms. The van der Waals surface area contributed by atoms with Gasteiger partial charge in [0.1, 0.15) is 6.61 Å². The van der Waals surface area contributed by atoms with Gasteiger partial charge in [0.2, 0.25) is 6.16 Å². The minimum absolute atomic E-state index is 0.392. The van der Waals surface area contributed by atoms with Crippen LogP contribution in [0.2, 0.25) is 0 Å². The minimum Gasteiger partial charge on any atom is -0.141 e. The summed E-state index contributed by atoms with van der Waals surface area (Å²) in [6.45, 7) is 0.392. The van der Waals surface area contributed by atoms with E-state index >= 15 is 0 Å². The van der Waals surface area contributed by atoms with Crippen LogP contribution in [-0.2, 0) is 21.9 Å². The topological polar surface area (TPSA) is 26.3 Å². The molecule has 0 fully saturated rings. The first-order chi connectivity index (χ1) is 10.3. The van der Waals surface area contributed by atoms with E-state index < -0.39 is 8.03 Å². The van der Waals surface area contributed by atoms with Crippen molar-refractivity contribution in [2.45, 2.75) is 12.8 Å². The zero-order chi connectivity index (χ0) is 14.5. The fourth-order valence-electron chi connectivity index (χ4n) is 2.25.